The molecule has 14 heteroatoms. The van der Waals surface area contributed by atoms with E-state index in [-0.39, 0.29) is 22.0 Å². The number of hydrogen-bond acceptors (Lipinski definition) is 5. The Morgan fingerprint density at radius 3 is 2.44 bits per heavy atom. The smallest absolute Gasteiger partial charge is 0.475 e. The molecule has 1 amide bonds. The number of carboxylic acids is 1. The van der Waals surface area contributed by atoms with Crippen molar-refractivity contribution in [1.82, 2.24) is 19.6 Å². The number of hydrogen-bond donors (Lipinski definition) is 3. The Labute approximate surface area is 200 Å². The van der Waals surface area contributed by atoms with Crippen LogP contribution in [0.15, 0.2) is 29.1 Å². The van der Waals surface area contributed by atoms with Gasteiger partial charge in [-0.3, -0.25) is 18.9 Å². The van der Waals surface area contributed by atoms with Gasteiger partial charge in [0.05, 0.1) is 29.3 Å². The van der Waals surface area contributed by atoms with E-state index in [9.17, 15) is 22.8 Å². The van der Waals surface area contributed by atoms with Gasteiger partial charge in [0, 0.05) is 31.7 Å². The van der Waals surface area contributed by atoms with Crippen molar-refractivity contribution in [1.29, 1.82) is 0 Å². The molecule has 0 aliphatic carbocycles. The monoisotopic (exact) mass is 522 g/mol. The van der Waals surface area contributed by atoms with Crippen LogP contribution in [0.1, 0.15) is 10.4 Å². The van der Waals surface area contributed by atoms with E-state index >= 15 is 0 Å². The van der Waals surface area contributed by atoms with E-state index in [0.717, 1.165) is 32.8 Å². The molecule has 1 aromatic carbocycles. The molecule has 4 rings (SSSR count). The number of benzene rings is 1. The van der Waals surface area contributed by atoms with Crippen LogP contribution in [0.2, 0.25) is 10.2 Å². The first-order valence-electron chi connectivity index (χ1n) is 9.90. The van der Waals surface area contributed by atoms with Crippen molar-refractivity contribution < 1.29 is 32.6 Å². The fourth-order valence-electron chi connectivity index (χ4n) is 3.30. The number of fused-ring (bicyclic) bond motifs is 3. The van der Waals surface area contributed by atoms with Crippen LogP contribution in [0.5, 0.6) is 0 Å². The lowest BCUT2D eigenvalue weighted by Crippen LogP contribution is -2.41. The van der Waals surface area contributed by atoms with Gasteiger partial charge in [-0.1, -0.05) is 23.2 Å². The largest absolute Gasteiger partial charge is 0.490 e. The van der Waals surface area contributed by atoms with E-state index in [0.29, 0.717) is 28.3 Å². The predicted octanol–water partition coefficient (Wildman–Crippen LogP) is 2.78. The van der Waals surface area contributed by atoms with E-state index < -0.39 is 12.1 Å². The summed E-state index contributed by atoms with van der Waals surface area (Å²) < 4.78 is 38.6. The van der Waals surface area contributed by atoms with Gasteiger partial charge >= 0.3 is 12.1 Å². The summed E-state index contributed by atoms with van der Waals surface area (Å²) in [5.74, 6) is -2.95. The highest BCUT2D eigenvalue weighted by Gasteiger charge is 2.38. The van der Waals surface area contributed by atoms with Crippen molar-refractivity contribution in [2.24, 2.45) is 0 Å². The highest BCUT2D eigenvalue weighted by atomic mass is 35.5. The molecule has 0 saturated carbocycles. The molecule has 2 aromatic heterocycles. The van der Waals surface area contributed by atoms with Crippen molar-refractivity contribution in [2.75, 3.05) is 39.4 Å². The number of H-pyrrole nitrogens is 1. The summed E-state index contributed by atoms with van der Waals surface area (Å²) in [6.07, 6.45) is -5.08. The molecule has 0 unspecified atom stereocenters. The van der Waals surface area contributed by atoms with Crippen molar-refractivity contribution in [3.8, 4) is 0 Å². The third kappa shape index (κ3) is 6.00. The summed E-state index contributed by atoms with van der Waals surface area (Å²) in [6, 6.07) is 6.62. The van der Waals surface area contributed by atoms with Gasteiger partial charge in [-0.05, 0) is 24.3 Å². The van der Waals surface area contributed by atoms with Crippen LogP contribution in [0.3, 0.4) is 0 Å². The summed E-state index contributed by atoms with van der Waals surface area (Å²) in [7, 11) is 0. The van der Waals surface area contributed by atoms with Crippen molar-refractivity contribution in [3.63, 3.8) is 0 Å². The fourth-order valence-corrected chi connectivity index (χ4v) is 3.92. The fraction of sp³-hybridized carbons (Fsp3) is 0.350. The highest BCUT2D eigenvalue weighted by Crippen LogP contribution is 2.26. The maximum atomic E-state index is 12.4. The topological polar surface area (TPSA) is 116 Å². The minimum Gasteiger partial charge on any atom is -0.475 e. The summed E-state index contributed by atoms with van der Waals surface area (Å²) in [5.41, 5.74) is 1.59. The number of nitrogens with zero attached hydrogens (tertiary/aromatic N) is 2. The number of morpholine rings is 1. The van der Waals surface area contributed by atoms with Crippen molar-refractivity contribution in [3.05, 3.63) is 50.4 Å². The standard InChI is InChI=1S/C18H18Cl2N4O3.C2HF3O2/c19-12-10-15(20)24-14-2-1-11(9-13(14)22-18(26)16(12)24)17(25)21-3-4-23-5-7-27-8-6-23;3-2(4,5)1(6)7/h1-2,9-10H,3-8H2,(H,21,25)(H,22,26);(H,6,7). The molecule has 9 nitrogen and oxygen atoms in total. The number of aliphatic carboxylic acids is 1. The minimum absolute atomic E-state index is 0.192. The number of halogens is 5. The van der Waals surface area contributed by atoms with Crippen LogP contribution in [0.4, 0.5) is 13.2 Å². The molecule has 0 spiro atoms. The van der Waals surface area contributed by atoms with Gasteiger partial charge in [0.15, 0.2) is 0 Å². The van der Waals surface area contributed by atoms with Crippen LogP contribution < -0.4 is 10.9 Å². The van der Waals surface area contributed by atoms with Crippen molar-refractivity contribution >= 4 is 51.6 Å². The van der Waals surface area contributed by atoms with Gasteiger partial charge in [-0.15, -0.1) is 0 Å². The Kier molecular flexibility index (Phi) is 8.08. The second kappa shape index (κ2) is 10.6. The average molecular weight is 523 g/mol. The predicted molar refractivity (Wildman–Crippen MR) is 119 cm³/mol. The number of carboxylic acid groups (broad SMARTS) is 1. The normalized spacial score (nSPS) is 14.6. The van der Waals surface area contributed by atoms with Gasteiger partial charge in [0.25, 0.3) is 11.5 Å². The third-order valence-corrected chi connectivity index (χ3v) is 5.50. The van der Waals surface area contributed by atoms with Gasteiger partial charge in [-0.25, -0.2) is 4.79 Å². The first-order chi connectivity index (χ1) is 16.0. The Morgan fingerprint density at radius 2 is 1.82 bits per heavy atom. The summed E-state index contributed by atoms with van der Waals surface area (Å²) in [4.78, 5) is 38.7. The van der Waals surface area contributed by atoms with E-state index in [1.807, 2.05) is 0 Å². The van der Waals surface area contributed by atoms with E-state index in [1.165, 1.54) is 6.07 Å². The molecular weight excluding hydrogens is 504 g/mol. The zero-order chi connectivity index (χ0) is 25.0. The number of aromatic amines is 1. The molecule has 0 atom stereocenters. The SMILES string of the molecule is O=C(NCCN1CCOCC1)c1ccc2c(c1)[nH]c(=O)c1c(Cl)cc(Cl)n12.O=C(O)C(F)(F)F. The molecule has 1 aliphatic rings. The molecule has 0 bridgehead atoms. The van der Waals surface area contributed by atoms with Gasteiger partial charge < -0.3 is 20.1 Å². The number of nitrogens with one attached hydrogen (secondary N) is 2. The maximum absolute atomic E-state index is 12.4. The first-order valence-corrected chi connectivity index (χ1v) is 10.7. The summed E-state index contributed by atoms with van der Waals surface area (Å²) in [5, 5.41) is 10.7. The Bertz CT molecular complexity index is 1270. The molecule has 1 aliphatic heterocycles. The van der Waals surface area contributed by atoms with Crippen LogP contribution >= 0.6 is 23.2 Å². The molecule has 184 valence electrons. The average Bonchev–Trinajstić information content (AvgIpc) is 3.08. The van der Waals surface area contributed by atoms with Gasteiger partial charge in [-0.2, -0.15) is 13.2 Å². The zero-order valence-electron chi connectivity index (χ0n) is 17.4. The molecule has 1 saturated heterocycles. The number of rotatable bonds is 4. The minimum atomic E-state index is -5.08. The molecule has 34 heavy (non-hydrogen) atoms. The lowest BCUT2D eigenvalue weighted by Gasteiger charge is -2.26. The number of aromatic nitrogens is 2. The highest BCUT2D eigenvalue weighted by molar-refractivity contribution is 6.37. The number of amides is 1. The summed E-state index contributed by atoms with van der Waals surface area (Å²) in [6.45, 7) is 4.54. The van der Waals surface area contributed by atoms with Crippen molar-refractivity contribution in [2.45, 2.75) is 6.18 Å². The van der Waals surface area contributed by atoms with Crippen LogP contribution in [-0.4, -0.2) is 76.8 Å². The molecule has 3 heterocycles. The Morgan fingerprint density at radius 1 is 1.18 bits per heavy atom. The van der Waals surface area contributed by atoms with Crippen LogP contribution in [0.25, 0.3) is 16.6 Å². The quantitative estimate of drug-likeness (QED) is 0.485. The second-order valence-corrected chi connectivity index (χ2v) is 7.99. The molecule has 1 fully saturated rings. The lowest BCUT2D eigenvalue weighted by molar-refractivity contribution is -0.192. The van der Waals surface area contributed by atoms with E-state index in [2.05, 4.69) is 15.2 Å². The second-order valence-electron chi connectivity index (χ2n) is 7.20. The molecular formula is C20H19Cl2F3N4O5. The Balaban J connectivity index is 0.000000406. The zero-order valence-corrected chi connectivity index (χ0v) is 18.9. The van der Waals surface area contributed by atoms with E-state index in [1.54, 1.807) is 22.6 Å². The Hall–Kier alpha value is -2.80. The number of alkyl halides is 3. The van der Waals surface area contributed by atoms with Gasteiger partial charge in [0.2, 0.25) is 0 Å². The lowest BCUT2D eigenvalue weighted by atomic mass is 10.1. The first kappa shape index (κ1) is 25.8. The maximum Gasteiger partial charge on any atom is 0.490 e. The summed E-state index contributed by atoms with van der Waals surface area (Å²) >= 11 is 12.3. The molecule has 0 radical (unpaired) electrons. The number of carbonyl (C=O) groups is 2. The molecule has 3 N–H and O–H groups in total. The molecule has 3 aromatic rings. The van der Waals surface area contributed by atoms with Gasteiger partial charge in [0.1, 0.15) is 10.7 Å². The number of carbonyl (C=O) groups excluding carboxylic acids is 1. The van der Waals surface area contributed by atoms with Crippen LogP contribution in [0, 0.1) is 0 Å². The third-order valence-electron chi connectivity index (χ3n) is 4.93. The van der Waals surface area contributed by atoms with Crippen LogP contribution in [-0.2, 0) is 9.53 Å². The van der Waals surface area contributed by atoms with E-state index in [4.69, 9.17) is 37.8 Å². The number of ether oxygens (including phenoxy) is 1.